The maximum atomic E-state index is 11.7. The molecular weight excluding hydrogens is 220 g/mol. The summed E-state index contributed by atoms with van der Waals surface area (Å²) in [6.07, 6.45) is 2.72. The van der Waals surface area contributed by atoms with Gasteiger partial charge in [0, 0.05) is 6.20 Å². The number of hydrogen-bond acceptors (Lipinski definition) is 4. The fraction of sp³-hybridized carbons (Fsp3) is 0.250. The molecule has 1 aromatic heterocycles. The van der Waals surface area contributed by atoms with E-state index in [9.17, 15) is 9.59 Å². The molecular formula is C12H14N2O3. The normalized spacial score (nSPS) is 10.8. The average Bonchev–Trinajstić information content (AvgIpc) is 2.30. The number of ketones is 1. The molecule has 17 heavy (non-hydrogen) atoms. The molecule has 0 aliphatic heterocycles. The number of carbonyl (C=O) groups excluding carboxylic acids is 2. The fourth-order valence-electron chi connectivity index (χ4n) is 1.08. The lowest BCUT2D eigenvalue weighted by molar-refractivity contribution is -0.119. The third-order valence-electron chi connectivity index (χ3n) is 1.90. The molecule has 1 amide bonds. The predicted octanol–water partition coefficient (Wildman–Crippen LogP) is 1.53. The highest BCUT2D eigenvalue weighted by Crippen LogP contribution is 2.05. The molecule has 0 spiro atoms. The van der Waals surface area contributed by atoms with Crippen LogP contribution in [0.15, 0.2) is 36.2 Å². The van der Waals surface area contributed by atoms with Gasteiger partial charge in [-0.15, -0.1) is 0 Å². The first-order valence-electron chi connectivity index (χ1n) is 5.20. The number of rotatable bonds is 5. The highest BCUT2D eigenvalue weighted by Gasteiger charge is 2.15. The molecule has 0 fully saturated rings. The van der Waals surface area contributed by atoms with E-state index in [0.717, 1.165) is 0 Å². The van der Waals surface area contributed by atoms with Crippen LogP contribution in [0.2, 0.25) is 0 Å². The molecule has 1 rings (SSSR count). The van der Waals surface area contributed by atoms with Crippen molar-refractivity contribution in [1.82, 2.24) is 4.98 Å². The van der Waals surface area contributed by atoms with Gasteiger partial charge in [0.15, 0.2) is 5.78 Å². The summed E-state index contributed by atoms with van der Waals surface area (Å²) in [5, 5.41) is 2.51. The molecule has 0 saturated heterocycles. The Morgan fingerprint density at radius 3 is 2.76 bits per heavy atom. The van der Waals surface area contributed by atoms with Crippen molar-refractivity contribution < 1.29 is 14.3 Å². The number of Topliss-reactive ketones (excluding diaryl/α,β-unsaturated/α-hetero) is 1. The molecule has 1 heterocycles. The van der Waals surface area contributed by atoms with Gasteiger partial charge >= 0.3 is 0 Å². The van der Waals surface area contributed by atoms with Crippen molar-refractivity contribution in [1.29, 1.82) is 0 Å². The van der Waals surface area contributed by atoms with Gasteiger partial charge < -0.3 is 10.1 Å². The van der Waals surface area contributed by atoms with Crippen LogP contribution in [0, 0.1) is 0 Å². The van der Waals surface area contributed by atoms with Gasteiger partial charge in [0.25, 0.3) is 5.91 Å². The molecule has 0 aliphatic rings. The number of hydrogen-bond donors (Lipinski definition) is 1. The van der Waals surface area contributed by atoms with Gasteiger partial charge in [-0.2, -0.15) is 0 Å². The summed E-state index contributed by atoms with van der Waals surface area (Å²) < 4.78 is 4.95. The van der Waals surface area contributed by atoms with Gasteiger partial charge in [-0.25, -0.2) is 4.98 Å². The smallest absolute Gasteiger partial charge is 0.263 e. The maximum absolute atomic E-state index is 11.7. The molecule has 0 radical (unpaired) electrons. The highest BCUT2D eigenvalue weighted by molar-refractivity contribution is 6.22. The lowest BCUT2D eigenvalue weighted by Gasteiger charge is -2.05. The molecule has 0 atom stereocenters. The first-order valence-corrected chi connectivity index (χ1v) is 5.20. The van der Waals surface area contributed by atoms with E-state index in [0.29, 0.717) is 12.4 Å². The number of anilines is 1. The molecule has 0 bridgehead atoms. The standard InChI is InChI=1S/C12H14N2O3/c1-3-17-8-10(9(2)15)12(16)14-11-6-4-5-7-13-11/h4-8H,3H2,1-2H3,(H,13,14,16). The largest absolute Gasteiger partial charge is 0.501 e. The summed E-state index contributed by atoms with van der Waals surface area (Å²) in [6.45, 7) is 3.47. The zero-order chi connectivity index (χ0) is 12.7. The van der Waals surface area contributed by atoms with Gasteiger partial charge in [-0.1, -0.05) is 6.07 Å². The summed E-state index contributed by atoms with van der Waals surface area (Å²) in [4.78, 5) is 26.9. The Bertz CT molecular complexity index is 427. The molecule has 0 aliphatic carbocycles. The van der Waals surface area contributed by atoms with Crippen LogP contribution in [0.3, 0.4) is 0 Å². The van der Waals surface area contributed by atoms with E-state index >= 15 is 0 Å². The van der Waals surface area contributed by atoms with Crippen molar-refractivity contribution in [3.05, 3.63) is 36.2 Å². The number of pyridine rings is 1. The second-order valence-electron chi connectivity index (χ2n) is 3.21. The third-order valence-corrected chi connectivity index (χ3v) is 1.90. The van der Waals surface area contributed by atoms with Crippen molar-refractivity contribution in [2.45, 2.75) is 13.8 Å². The highest BCUT2D eigenvalue weighted by atomic mass is 16.5. The molecule has 1 N–H and O–H groups in total. The van der Waals surface area contributed by atoms with Gasteiger partial charge in [-0.05, 0) is 26.0 Å². The van der Waals surface area contributed by atoms with Crippen LogP contribution < -0.4 is 5.32 Å². The van der Waals surface area contributed by atoms with Crippen molar-refractivity contribution in [3.63, 3.8) is 0 Å². The first kappa shape index (κ1) is 12.9. The number of ether oxygens (including phenoxy) is 1. The third kappa shape index (κ3) is 4.06. The lowest BCUT2D eigenvalue weighted by Crippen LogP contribution is -2.19. The monoisotopic (exact) mass is 234 g/mol. The van der Waals surface area contributed by atoms with Gasteiger partial charge in [-0.3, -0.25) is 9.59 Å². The molecule has 5 heteroatoms. The first-order chi connectivity index (χ1) is 8.15. The van der Waals surface area contributed by atoms with Gasteiger partial charge in [0.1, 0.15) is 11.4 Å². The van der Waals surface area contributed by atoms with E-state index < -0.39 is 5.91 Å². The van der Waals surface area contributed by atoms with E-state index in [2.05, 4.69) is 10.3 Å². The second-order valence-corrected chi connectivity index (χ2v) is 3.21. The molecule has 5 nitrogen and oxygen atoms in total. The Labute approximate surface area is 99.5 Å². The van der Waals surface area contributed by atoms with Crippen LogP contribution in [-0.4, -0.2) is 23.3 Å². The van der Waals surface area contributed by atoms with Crippen molar-refractivity contribution in [2.24, 2.45) is 0 Å². The Morgan fingerprint density at radius 2 is 2.24 bits per heavy atom. The molecule has 90 valence electrons. The second kappa shape index (κ2) is 6.42. The van der Waals surface area contributed by atoms with E-state index in [-0.39, 0.29) is 11.4 Å². The number of aromatic nitrogens is 1. The zero-order valence-corrected chi connectivity index (χ0v) is 9.77. The Balaban J connectivity index is 2.76. The average molecular weight is 234 g/mol. The predicted molar refractivity (Wildman–Crippen MR) is 63.3 cm³/mol. The maximum Gasteiger partial charge on any atom is 0.263 e. The van der Waals surface area contributed by atoms with Gasteiger partial charge in [0.2, 0.25) is 0 Å². The number of nitrogens with zero attached hydrogens (tertiary/aromatic N) is 1. The van der Waals surface area contributed by atoms with E-state index in [1.54, 1.807) is 31.3 Å². The number of amides is 1. The SMILES string of the molecule is CCOC=C(C(C)=O)C(=O)Nc1ccccn1. The minimum Gasteiger partial charge on any atom is -0.501 e. The van der Waals surface area contributed by atoms with Crippen LogP contribution in [0.25, 0.3) is 0 Å². The topological polar surface area (TPSA) is 68.3 Å². The quantitative estimate of drug-likeness (QED) is 0.363. The van der Waals surface area contributed by atoms with Crippen molar-refractivity contribution in [2.75, 3.05) is 11.9 Å². The van der Waals surface area contributed by atoms with E-state index in [1.165, 1.54) is 13.2 Å². The molecule has 0 aromatic carbocycles. The minimum atomic E-state index is -0.523. The van der Waals surface area contributed by atoms with Crippen molar-refractivity contribution in [3.8, 4) is 0 Å². The lowest BCUT2D eigenvalue weighted by atomic mass is 10.2. The number of nitrogens with one attached hydrogen (secondary N) is 1. The summed E-state index contributed by atoms with van der Waals surface area (Å²) in [5.41, 5.74) is -0.0301. The molecule has 0 saturated carbocycles. The summed E-state index contributed by atoms with van der Waals surface area (Å²) >= 11 is 0. The molecule has 1 aromatic rings. The van der Waals surface area contributed by atoms with Crippen LogP contribution in [0.4, 0.5) is 5.82 Å². The van der Waals surface area contributed by atoms with Crippen LogP contribution in [0.1, 0.15) is 13.8 Å². The Morgan fingerprint density at radius 1 is 1.47 bits per heavy atom. The van der Waals surface area contributed by atoms with Gasteiger partial charge in [0.05, 0.1) is 12.9 Å². The van der Waals surface area contributed by atoms with E-state index in [4.69, 9.17) is 4.74 Å². The zero-order valence-electron chi connectivity index (χ0n) is 9.77. The Hall–Kier alpha value is -2.17. The Kier molecular flexibility index (Phi) is 4.87. The summed E-state index contributed by atoms with van der Waals surface area (Å²) in [6, 6.07) is 5.11. The summed E-state index contributed by atoms with van der Waals surface area (Å²) in [5.74, 6) is -0.488. The summed E-state index contributed by atoms with van der Waals surface area (Å²) in [7, 11) is 0. The van der Waals surface area contributed by atoms with Crippen LogP contribution in [-0.2, 0) is 14.3 Å². The van der Waals surface area contributed by atoms with E-state index in [1.807, 2.05) is 0 Å². The van der Waals surface area contributed by atoms with Crippen LogP contribution in [0.5, 0.6) is 0 Å². The van der Waals surface area contributed by atoms with Crippen molar-refractivity contribution >= 4 is 17.5 Å². The molecule has 0 unspecified atom stereocenters. The number of carbonyl (C=O) groups is 2. The fourth-order valence-corrected chi connectivity index (χ4v) is 1.08. The van der Waals surface area contributed by atoms with Crippen LogP contribution >= 0.6 is 0 Å². The minimum absolute atomic E-state index is 0.0301.